The van der Waals surface area contributed by atoms with Gasteiger partial charge in [0.15, 0.2) is 0 Å². The molecule has 8 heteroatoms. The molecule has 3 rings (SSSR count). The van der Waals surface area contributed by atoms with Crippen molar-refractivity contribution in [3.63, 3.8) is 0 Å². The molecule has 0 unspecified atom stereocenters. The quantitative estimate of drug-likeness (QED) is 0.839. The van der Waals surface area contributed by atoms with Crippen LogP contribution in [-0.4, -0.2) is 15.5 Å². The van der Waals surface area contributed by atoms with Gasteiger partial charge in [-0.05, 0) is 23.4 Å². The van der Waals surface area contributed by atoms with E-state index in [-0.39, 0.29) is 24.6 Å². The number of benzene rings is 1. The minimum absolute atomic E-state index is 0.0153. The van der Waals surface area contributed by atoms with Crippen molar-refractivity contribution in [2.75, 3.05) is 0 Å². The molecular weight excluding hydrogens is 315 g/mol. The lowest BCUT2D eigenvalue weighted by Crippen LogP contribution is -2.32. The molecule has 1 amide bonds. The Balaban J connectivity index is 1.87. The molecule has 24 heavy (non-hydrogen) atoms. The summed E-state index contributed by atoms with van der Waals surface area (Å²) in [5, 5.41) is 14.5. The number of hydrogen-bond donors (Lipinski definition) is 1. The number of aromatic nitrogens is 2. The Bertz CT molecular complexity index is 955. The number of nitrogens with zero attached hydrogens (tertiary/aromatic N) is 3. The highest BCUT2D eigenvalue weighted by Crippen LogP contribution is 2.21. The summed E-state index contributed by atoms with van der Waals surface area (Å²) in [6.45, 7) is 7.17. The molecule has 2 heterocycles. The maximum Gasteiger partial charge on any atom is 0.269 e. The summed E-state index contributed by atoms with van der Waals surface area (Å²) in [6.07, 6.45) is 1.47. The van der Waals surface area contributed by atoms with Crippen LogP contribution in [0.4, 0.5) is 4.39 Å². The molecule has 0 bridgehead atoms. The van der Waals surface area contributed by atoms with E-state index in [0.29, 0.717) is 5.56 Å². The van der Waals surface area contributed by atoms with E-state index in [0.717, 1.165) is 4.57 Å². The highest BCUT2D eigenvalue weighted by molar-refractivity contribution is 5.95. The van der Waals surface area contributed by atoms with Gasteiger partial charge in [-0.25, -0.2) is 14.2 Å². The van der Waals surface area contributed by atoms with E-state index in [4.69, 9.17) is 6.57 Å². The van der Waals surface area contributed by atoms with E-state index in [1.165, 1.54) is 30.3 Å². The summed E-state index contributed by atoms with van der Waals surface area (Å²) in [5.41, 5.74) is -0.692. The summed E-state index contributed by atoms with van der Waals surface area (Å²) in [5.74, 6) is -2.23. The number of hydrogen-bond acceptors (Lipinski definition) is 4. The van der Waals surface area contributed by atoms with Crippen molar-refractivity contribution in [1.82, 2.24) is 14.9 Å². The number of carbonyl (C=O) groups is 1. The van der Waals surface area contributed by atoms with Gasteiger partial charge in [0, 0.05) is 13.1 Å². The second-order valence-electron chi connectivity index (χ2n) is 5.04. The molecule has 0 spiro atoms. The number of rotatable bonds is 3. The number of fused-ring (bicyclic) bond motifs is 1. The first-order valence-corrected chi connectivity index (χ1v) is 6.93. The zero-order valence-corrected chi connectivity index (χ0v) is 12.2. The normalized spacial score (nSPS) is 12.2. The molecule has 0 aliphatic carbocycles. The van der Waals surface area contributed by atoms with E-state index < -0.39 is 28.7 Å². The van der Waals surface area contributed by atoms with Gasteiger partial charge < -0.3 is 10.4 Å². The van der Waals surface area contributed by atoms with Gasteiger partial charge in [0.05, 0.1) is 6.57 Å². The molecule has 1 aromatic heterocycles. The van der Waals surface area contributed by atoms with Crippen LogP contribution in [0.1, 0.15) is 21.9 Å². The van der Waals surface area contributed by atoms with Gasteiger partial charge in [-0.1, -0.05) is 18.2 Å². The van der Waals surface area contributed by atoms with Crippen LogP contribution >= 0.6 is 0 Å². The van der Waals surface area contributed by atoms with E-state index in [9.17, 15) is 19.1 Å². The Morgan fingerprint density at radius 2 is 2.12 bits per heavy atom. The molecule has 0 saturated carbocycles. The predicted octanol–water partition coefficient (Wildman–Crippen LogP) is 0.660. The third-order valence-corrected chi connectivity index (χ3v) is 3.53. The Kier molecular flexibility index (Phi) is 3.83. The number of amides is 1. The van der Waals surface area contributed by atoms with Gasteiger partial charge in [-0.15, -0.1) is 0 Å². The van der Waals surface area contributed by atoms with Crippen molar-refractivity contribution in [2.24, 2.45) is 0 Å². The topological polar surface area (TPSA) is 91.4 Å². The summed E-state index contributed by atoms with van der Waals surface area (Å²) in [7, 11) is 0. The van der Waals surface area contributed by atoms with Crippen molar-refractivity contribution in [1.29, 1.82) is 0 Å². The van der Waals surface area contributed by atoms with E-state index in [2.05, 4.69) is 15.1 Å². The van der Waals surface area contributed by atoms with Gasteiger partial charge in [0.25, 0.3) is 5.91 Å². The summed E-state index contributed by atoms with van der Waals surface area (Å²) >= 11 is 0. The number of allylic oxidation sites excluding steroid dienone is 1. The summed E-state index contributed by atoms with van der Waals surface area (Å²) < 4.78 is 13.9. The first kappa shape index (κ1) is 15.4. The highest BCUT2D eigenvalue weighted by Gasteiger charge is 2.21. The Morgan fingerprint density at radius 1 is 1.42 bits per heavy atom. The van der Waals surface area contributed by atoms with Crippen molar-refractivity contribution < 1.29 is 14.3 Å². The van der Waals surface area contributed by atoms with Crippen LogP contribution in [-0.2, 0) is 13.1 Å². The van der Waals surface area contributed by atoms with Crippen LogP contribution in [0.2, 0.25) is 0 Å². The Labute approximate surface area is 135 Å². The summed E-state index contributed by atoms with van der Waals surface area (Å²) in [6, 6.07) is 5.46. The lowest BCUT2D eigenvalue weighted by Gasteiger charge is -2.15. The van der Waals surface area contributed by atoms with Crippen molar-refractivity contribution in [3.8, 4) is 5.75 Å². The number of carbonyl (C=O) groups excluding carboxylic acids is 1. The first-order valence-electron chi connectivity index (χ1n) is 6.93. The van der Waals surface area contributed by atoms with E-state index in [1.807, 2.05) is 0 Å². The standard InChI is InChI=1S/C16H11FN4O3/c1-18-11-6-7-21-14(11)20-12(13(22)16(21)24)15(23)19-8-9-2-4-10(17)5-3-9/h2-6,22H,7-8H2,(H,19,23)/p-1. The van der Waals surface area contributed by atoms with Gasteiger partial charge in [-0.2, -0.15) is 0 Å². The molecule has 1 aliphatic heterocycles. The SMILES string of the molecule is [C-]#[N+]C1=CCn2c1nc(C(=O)NCc1ccc(F)cc1)c([O-])c2=O. The number of nitrogens with one attached hydrogen (secondary N) is 1. The van der Waals surface area contributed by atoms with Gasteiger partial charge in [0.1, 0.15) is 17.3 Å². The molecule has 2 aromatic rings. The zero-order chi connectivity index (χ0) is 17.3. The first-order chi connectivity index (χ1) is 11.5. The van der Waals surface area contributed by atoms with Crippen LogP contribution < -0.4 is 16.0 Å². The second-order valence-corrected chi connectivity index (χ2v) is 5.04. The van der Waals surface area contributed by atoms with Crippen LogP contribution in [0, 0.1) is 12.4 Å². The van der Waals surface area contributed by atoms with Gasteiger partial charge in [0.2, 0.25) is 11.3 Å². The van der Waals surface area contributed by atoms with Crippen LogP contribution in [0.5, 0.6) is 5.75 Å². The maximum atomic E-state index is 12.8. The minimum atomic E-state index is -1.02. The third kappa shape index (κ3) is 2.63. The zero-order valence-electron chi connectivity index (χ0n) is 12.2. The molecule has 0 atom stereocenters. The largest absolute Gasteiger partial charge is 0.867 e. The molecule has 7 nitrogen and oxygen atoms in total. The van der Waals surface area contributed by atoms with Gasteiger partial charge >= 0.3 is 0 Å². The van der Waals surface area contributed by atoms with Crippen molar-refractivity contribution >= 4 is 11.6 Å². The van der Waals surface area contributed by atoms with E-state index >= 15 is 0 Å². The molecule has 0 radical (unpaired) electrons. The molecule has 1 aromatic carbocycles. The van der Waals surface area contributed by atoms with Crippen molar-refractivity contribution in [3.05, 3.63) is 75.0 Å². The maximum absolute atomic E-state index is 12.8. The predicted molar refractivity (Wildman–Crippen MR) is 80.1 cm³/mol. The minimum Gasteiger partial charge on any atom is -0.867 e. The smallest absolute Gasteiger partial charge is 0.269 e. The van der Waals surface area contributed by atoms with Crippen LogP contribution in [0.15, 0.2) is 35.1 Å². The molecule has 1 N–H and O–H groups in total. The average Bonchev–Trinajstić information content (AvgIpc) is 3.00. The molecule has 0 fully saturated rings. The lowest BCUT2D eigenvalue weighted by molar-refractivity contribution is -0.271. The fraction of sp³-hybridized carbons (Fsp3) is 0.125. The van der Waals surface area contributed by atoms with E-state index in [1.54, 1.807) is 0 Å². The molecular formula is C16H10FN4O3-. The van der Waals surface area contributed by atoms with Gasteiger partial charge in [-0.3, -0.25) is 14.2 Å². The second kappa shape index (κ2) is 5.96. The monoisotopic (exact) mass is 325 g/mol. The molecule has 0 saturated heterocycles. The molecule has 120 valence electrons. The molecule has 1 aliphatic rings. The third-order valence-electron chi connectivity index (χ3n) is 3.53. The summed E-state index contributed by atoms with van der Waals surface area (Å²) in [4.78, 5) is 31.3. The lowest BCUT2D eigenvalue weighted by atomic mass is 10.2. The highest BCUT2D eigenvalue weighted by atomic mass is 19.1. The fourth-order valence-corrected chi connectivity index (χ4v) is 2.29. The average molecular weight is 325 g/mol. The Hall–Kier alpha value is -3.47. The van der Waals surface area contributed by atoms with Crippen molar-refractivity contribution in [2.45, 2.75) is 13.1 Å². The van der Waals surface area contributed by atoms with Crippen LogP contribution in [0.3, 0.4) is 0 Å². The fourth-order valence-electron chi connectivity index (χ4n) is 2.29. The Morgan fingerprint density at radius 3 is 2.79 bits per heavy atom. The number of halogens is 1. The van der Waals surface area contributed by atoms with Crippen LogP contribution in [0.25, 0.3) is 10.5 Å².